The van der Waals surface area contributed by atoms with Crippen LogP contribution in [0.3, 0.4) is 0 Å². The van der Waals surface area contributed by atoms with Crippen LogP contribution in [0.2, 0.25) is 0 Å². The summed E-state index contributed by atoms with van der Waals surface area (Å²) in [6, 6.07) is 4.25. The van der Waals surface area contributed by atoms with Gasteiger partial charge in [-0.2, -0.15) is 0 Å². The topological polar surface area (TPSA) is 3.88 Å². The first-order chi connectivity index (χ1) is 5.24. The van der Waals surface area contributed by atoms with Gasteiger partial charge in [-0.15, -0.1) is 0 Å². The van der Waals surface area contributed by atoms with Gasteiger partial charge in [0.25, 0.3) is 0 Å². The van der Waals surface area contributed by atoms with Crippen LogP contribution in [0.25, 0.3) is 0 Å². The highest BCUT2D eigenvalue weighted by atomic mass is 14.9. The number of pyridine rings is 1. The smallest absolute Gasteiger partial charge is 0.0692 e. The molecule has 1 unspecified atom stereocenters. The molecule has 1 nitrogen and oxygen atoms in total. The summed E-state index contributed by atoms with van der Waals surface area (Å²) in [6.07, 6.45) is 5.17. The number of nitrogens with zero attached hydrogens (tertiary/aromatic N) is 1. The fraction of sp³-hybridized carbons (Fsp3) is 0.400. The Hall–Kier alpha value is -0.980. The zero-order valence-corrected chi connectivity index (χ0v) is 7.25. The Morgan fingerprint density at radius 2 is 2.00 bits per heavy atom. The summed E-state index contributed by atoms with van der Waals surface area (Å²) in [4.78, 5) is 0. The van der Waals surface area contributed by atoms with Crippen LogP contribution in [-0.4, -0.2) is 0 Å². The van der Waals surface area contributed by atoms with Crippen molar-refractivity contribution in [1.29, 1.82) is 0 Å². The molecule has 0 aliphatic carbocycles. The first kappa shape index (κ1) is 8.12. The molecule has 1 heteroatoms. The van der Waals surface area contributed by atoms with E-state index < -0.39 is 0 Å². The maximum absolute atomic E-state index is 3.76. The van der Waals surface area contributed by atoms with Crippen molar-refractivity contribution in [3.05, 3.63) is 37.1 Å². The van der Waals surface area contributed by atoms with E-state index in [-0.39, 0.29) is 0 Å². The third kappa shape index (κ3) is 1.97. The Bertz CT molecular complexity index is 213. The molecular weight excluding hydrogens is 134 g/mol. The minimum absolute atomic E-state index is 0.663. The summed E-state index contributed by atoms with van der Waals surface area (Å²) < 4.78 is 1.81. The second-order valence-electron chi connectivity index (χ2n) is 2.95. The van der Waals surface area contributed by atoms with Gasteiger partial charge in [0, 0.05) is 7.05 Å². The molecule has 0 bridgehead atoms. The van der Waals surface area contributed by atoms with Crippen LogP contribution in [0.4, 0.5) is 0 Å². The fourth-order valence-electron chi connectivity index (χ4n) is 1.03. The van der Waals surface area contributed by atoms with Crippen molar-refractivity contribution >= 4 is 0 Å². The van der Waals surface area contributed by atoms with E-state index in [1.807, 2.05) is 17.0 Å². The van der Waals surface area contributed by atoms with Gasteiger partial charge in [0.1, 0.15) is 0 Å². The zero-order valence-electron chi connectivity index (χ0n) is 7.25. The van der Waals surface area contributed by atoms with Gasteiger partial charge in [-0.25, -0.2) is 0 Å². The predicted octanol–water partition coefficient (Wildman–Crippen LogP) is 2.13. The highest BCUT2D eigenvalue weighted by Gasteiger charge is 1.99. The first-order valence-corrected chi connectivity index (χ1v) is 4.06. The molecule has 11 heavy (non-hydrogen) atoms. The SMILES string of the molecule is [CH2-][n+]1ccc(C(C)CC)cc1. The van der Waals surface area contributed by atoms with Crippen molar-refractivity contribution in [2.75, 3.05) is 0 Å². The van der Waals surface area contributed by atoms with Crippen LogP contribution in [-0.2, 0) is 0 Å². The standard InChI is InChI=1S/C10H15N/c1-4-9(2)10-5-7-11(3)8-6-10/h5-9H,3-4H2,1-2H3. The second-order valence-corrected chi connectivity index (χ2v) is 2.95. The van der Waals surface area contributed by atoms with E-state index in [4.69, 9.17) is 0 Å². The molecule has 0 aliphatic heterocycles. The van der Waals surface area contributed by atoms with Gasteiger partial charge in [-0.3, -0.25) is 0 Å². The quantitative estimate of drug-likeness (QED) is 0.448. The van der Waals surface area contributed by atoms with Gasteiger partial charge in [0.15, 0.2) is 0 Å². The van der Waals surface area contributed by atoms with E-state index in [0.717, 1.165) is 0 Å². The minimum atomic E-state index is 0.663. The maximum Gasteiger partial charge on any atom is 0.0692 e. The Labute approximate surface area is 68.7 Å². The molecule has 1 rings (SSSR count). The Morgan fingerprint density at radius 1 is 1.45 bits per heavy atom. The lowest BCUT2D eigenvalue weighted by Gasteiger charge is -2.08. The van der Waals surface area contributed by atoms with Crippen LogP contribution in [0.1, 0.15) is 31.7 Å². The van der Waals surface area contributed by atoms with E-state index in [1.54, 1.807) is 0 Å². The van der Waals surface area contributed by atoms with Gasteiger partial charge < -0.3 is 4.57 Å². The van der Waals surface area contributed by atoms with Crippen LogP contribution in [0.15, 0.2) is 24.5 Å². The lowest BCUT2D eigenvalue weighted by Crippen LogP contribution is -2.23. The highest BCUT2D eigenvalue weighted by molar-refractivity contribution is 5.12. The third-order valence-corrected chi connectivity index (χ3v) is 2.10. The lowest BCUT2D eigenvalue weighted by molar-refractivity contribution is -0.612. The summed E-state index contributed by atoms with van der Waals surface area (Å²) in [6.45, 7) is 4.44. The second kappa shape index (κ2) is 3.42. The van der Waals surface area contributed by atoms with Gasteiger partial charge in [-0.05, 0) is 12.3 Å². The summed E-state index contributed by atoms with van der Waals surface area (Å²) in [5.74, 6) is 0.663. The molecular formula is C10H15N. The molecule has 0 spiro atoms. The molecule has 1 heterocycles. The van der Waals surface area contributed by atoms with E-state index in [0.29, 0.717) is 5.92 Å². The van der Waals surface area contributed by atoms with E-state index in [1.165, 1.54) is 12.0 Å². The molecule has 0 saturated heterocycles. The van der Waals surface area contributed by atoms with Crippen molar-refractivity contribution in [3.8, 4) is 0 Å². The van der Waals surface area contributed by atoms with E-state index in [9.17, 15) is 0 Å². The zero-order chi connectivity index (χ0) is 8.27. The molecule has 0 aromatic carbocycles. The van der Waals surface area contributed by atoms with Crippen molar-refractivity contribution in [2.24, 2.45) is 0 Å². The van der Waals surface area contributed by atoms with Crippen molar-refractivity contribution in [1.82, 2.24) is 0 Å². The summed E-state index contributed by atoms with van der Waals surface area (Å²) in [7, 11) is 3.76. The van der Waals surface area contributed by atoms with Gasteiger partial charge in [-0.1, -0.05) is 31.5 Å². The van der Waals surface area contributed by atoms with Crippen LogP contribution in [0.5, 0.6) is 0 Å². The molecule has 0 N–H and O–H groups in total. The van der Waals surface area contributed by atoms with Crippen molar-refractivity contribution in [2.45, 2.75) is 26.2 Å². The largest absolute Gasteiger partial charge is 0.339 e. The first-order valence-electron chi connectivity index (χ1n) is 4.06. The fourth-order valence-corrected chi connectivity index (χ4v) is 1.03. The monoisotopic (exact) mass is 149 g/mol. The molecule has 0 aliphatic rings. The van der Waals surface area contributed by atoms with Gasteiger partial charge in [0.05, 0.1) is 12.4 Å². The summed E-state index contributed by atoms with van der Waals surface area (Å²) in [5.41, 5.74) is 1.40. The molecule has 60 valence electrons. The lowest BCUT2D eigenvalue weighted by atomic mass is 10.0. The van der Waals surface area contributed by atoms with Crippen LogP contribution in [0, 0.1) is 7.05 Å². The van der Waals surface area contributed by atoms with Crippen molar-refractivity contribution in [3.63, 3.8) is 0 Å². The van der Waals surface area contributed by atoms with E-state index >= 15 is 0 Å². The Morgan fingerprint density at radius 3 is 2.45 bits per heavy atom. The molecule has 0 amide bonds. The number of hydrogen-bond acceptors (Lipinski definition) is 0. The molecule has 1 atom stereocenters. The number of hydrogen-bond donors (Lipinski definition) is 0. The number of rotatable bonds is 2. The predicted molar refractivity (Wildman–Crippen MR) is 46.1 cm³/mol. The highest BCUT2D eigenvalue weighted by Crippen LogP contribution is 2.15. The van der Waals surface area contributed by atoms with Gasteiger partial charge >= 0.3 is 0 Å². The Balaban J connectivity index is 2.81. The van der Waals surface area contributed by atoms with Crippen LogP contribution < -0.4 is 4.57 Å². The average molecular weight is 149 g/mol. The molecule has 1 aromatic rings. The minimum Gasteiger partial charge on any atom is -0.339 e. The third-order valence-electron chi connectivity index (χ3n) is 2.10. The molecule has 0 fully saturated rings. The molecule has 1 aromatic heterocycles. The summed E-state index contributed by atoms with van der Waals surface area (Å²) >= 11 is 0. The van der Waals surface area contributed by atoms with Crippen molar-refractivity contribution < 1.29 is 4.57 Å². The molecule has 0 saturated carbocycles. The van der Waals surface area contributed by atoms with E-state index in [2.05, 4.69) is 33.0 Å². The average Bonchev–Trinajstić information content (AvgIpc) is 2.05. The summed E-state index contributed by atoms with van der Waals surface area (Å²) in [5, 5.41) is 0. The normalized spacial score (nSPS) is 12.9. The Kier molecular flexibility index (Phi) is 2.53. The number of aromatic nitrogens is 1. The molecule has 0 radical (unpaired) electrons. The van der Waals surface area contributed by atoms with Crippen LogP contribution >= 0.6 is 0 Å². The van der Waals surface area contributed by atoms with Gasteiger partial charge in [0.2, 0.25) is 0 Å². The maximum atomic E-state index is 3.76.